The molecule has 1 N–H and O–H groups in total. The highest BCUT2D eigenvalue weighted by atomic mass is 16.5. The molecule has 150 valence electrons. The average Bonchev–Trinajstić information content (AvgIpc) is 3.24. The van der Waals surface area contributed by atoms with Crippen molar-refractivity contribution in [1.29, 1.82) is 0 Å². The van der Waals surface area contributed by atoms with E-state index in [-0.39, 0.29) is 18.2 Å². The van der Waals surface area contributed by atoms with Gasteiger partial charge in [-0.15, -0.1) is 0 Å². The first-order valence-corrected chi connectivity index (χ1v) is 8.91. The van der Waals surface area contributed by atoms with Gasteiger partial charge in [0.25, 0.3) is 5.91 Å². The van der Waals surface area contributed by atoms with Crippen molar-refractivity contribution < 1.29 is 23.8 Å². The number of ether oxygens (including phenoxy) is 3. The van der Waals surface area contributed by atoms with Gasteiger partial charge >= 0.3 is 5.97 Å². The molecule has 8 nitrogen and oxygen atoms in total. The van der Waals surface area contributed by atoms with E-state index in [1.165, 1.54) is 18.9 Å². The van der Waals surface area contributed by atoms with Crippen LogP contribution in [0.3, 0.4) is 0 Å². The predicted octanol–water partition coefficient (Wildman–Crippen LogP) is 3.32. The van der Waals surface area contributed by atoms with Crippen molar-refractivity contribution in [3.05, 3.63) is 66.0 Å². The molecule has 0 radical (unpaired) electrons. The van der Waals surface area contributed by atoms with Crippen LogP contribution in [0, 0.1) is 0 Å². The summed E-state index contributed by atoms with van der Waals surface area (Å²) in [6, 6.07) is 13.6. The summed E-state index contributed by atoms with van der Waals surface area (Å²) >= 11 is 0. The molecule has 1 heterocycles. The van der Waals surface area contributed by atoms with Crippen molar-refractivity contribution in [2.45, 2.75) is 6.92 Å². The lowest BCUT2D eigenvalue weighted by molar-refractivity contribution is 0.0519. The monoisotopic (exact) mass is 395 g/mol. The van der Waals surface area contributed by atoms with Gasteiger partial charge in [-0.2, -0.15) is 5.10 Å². The van der Waals surface area contributed by atoms with E-state index in [1.54, 1.807) is 55.6 Å². The second-order valence-corrected chi connectivity index (χ2v) is 5.97. The predicted molar refractivity (Wildman–Crippen MR) is 107 cm³/mol. The zero-order valence-corrected chi connectivity index (χ0v) is 16.3. The van der Waals surface area contributed by atoms with Crippen LogP contribution in [-0.4, -0.2) is 42.5 Å². The summed E-state index contributed by atoms with van der Waals surface area (Å²) in [5.41, 5.74) is 1.86. The van der Waals surface area contributed by atoms with E-state index in [1.807, 2.05) is 6.07 Å². The number of amides is 1. The molecule has 0 saturated carbocycles. The first-order valence-electron chi connectivity index (χ1n) is 8.91. The molecule has 1 aromatic heterocycles. The van der Waals surface area contributed by atoms with Crippen LogP contribution < -0.4 is 14.8 Å². The lowest BCUT2D eigenvalue weighted by Gasteiger charge is -2.10. The minimum atomic E-state index is -0.484. The van der Waals surface area contributed by atoms with E-state index in [0.717, 1.165) is 0 Å². The van der Waals surface area contributed by atoms with Gasteiger partial charge in [0, 0.05) is 23.5 Å². The Morgan fingerprint density at radius 2 is 1.76 bits per heavy atom. The van der Waals surface area contributed by atoms with Gasteiger partial charge in [0.1, 0.15) is 11.5 Å². The highest BCUT2D eigenvalue weighted by Gasteiger charge is 2.13. The zero-order chi connectivity index (χ0) is 20.8. The molecule has 0 unspecified atom stereocenters. The highest BCUT2D eigenvalue weighted by Crippen LogP contribution is 2.23. The number of carbonyl (C=O) groups excluding carboxylic acids is 2. The molecule has 8 heteroatoms. The maximum Gasteiger partial charge on any atom is 0.358 e. The lowest BCUT2D eigenvalue weighted by atomic mass is 10.1. The number of hydrogen-bond donors (Lipinski definition) is 1. The fraction of sp³-hybridized carbons (Fsp3) is 0.190. The van der Waals surface area contributed by atoms with E-state index in [4.69, 9.17) is 14.2 Å². The number of aromatic nitrogens is 2. The maximum absolute atomic E-state index is 12.7. The van der Waals surface area contributed by atoms with Crippen molar-refractivity contribution in [2.24, 2.45) is 0 Å². The first-order chi connectivity index (χ1) is 14.0. The van der Waals surface area contributed by atoms with Crippen LogP contribution in [0.25, 0.3) is 5.69 Å². The lowest BCUT2D eigenvalue weighted by Crippen LogP contribution is -2.12. The minimum Gasteiger partial charge on any atom is -0.497 e. The van der Waals surface area contributed by atoms with Crippen LogP contribution in [0.15, 0.2) is 54.7 Å². The summed E-state index contributed by atoms with van der Waals surface area (Å²) < 4.78 is 16.9. The fourth-order valence-electron chi connectivity index (χ4n) is 2.65. The summed E-state index contributed by atoms with van der Waals surface area (Å²) in [7, 11) is 3.04. The van der Waals surface area contributed by atoms with Crippen molar-refractivity contribution >= 4 is 17.6 Å². The Hall–Kier alpha value is -3.81. The Bertz CT molecular complexity index is 1010. The third-order valence-corrected chi connectivity index (χ3v) is 4.06. The van der Waals surface area contributed by atoms with Crippen LogP contribution in [0.4, 0.5) is 5.69 Å². The molecule has 3 rings (SSSR count). The summed E-state index contributed by atoms with van der Waals surface area (Å²) in [5.74, 6) is 0.243. The summed E-state index contributed by atoms with van der Waals surface area (Å²) in [5, 5.41) is 7.06. The van der Waals surface area contributed by atoms with Crippen LogP contribution in [0.5, 0.6) is 11.5 Å². The number of hydrogen-bond acceptors (Lipinski definition) is 6. The smallest absolute Gasteiger partial charge is 0.358 e. The van der Waals surface area contributed by atoms with Crippen LogP contribution in [0.2, 0.25) is 0 Å². The molecule has 0 spiro atoms. The standard InChI is InChI=1S/C21H21N3O5/c1-4-29-21(26)19-8-9-24(23-19)16-7-5-6-15(12-16)22-20(25)14-10-17(27-2)13-18(11-14)28-3/h5-13H,4H2,1-3H3,(H,22,25). The van der Waals surface area contributed by atoms with Crippen molar-refractivity contribution in [2.75, 3.05) is 26.1 Å². The SMILES string of the molecule is CCOC(=O)c1ccn(-c2cccc(NC(=O)c3cc(OC)cc(OC)c3)c2)n1. The Labute approximate surface area is 168 Å². The number of nitrogens with zero attached hydrogens (tertiary/aromatic N) is 2. The molecule has 0 atom stereocenters. The zero-order valence-electron chi connectivity index (χ0n) is 16.3. The number of carbonyl (C=O) groups is 2. The van der Waals surface area contributed by atoms with Gasteiger partial charge in [0.15, 0.2) is 5.69 Å². The number of nitrogens with one attached hydrogen (secondary N) is 1. The number of methoxy groups -OCH3 is 2. The second-order valence-electron chi connectivity index (χ2n) is 5.97. The van der Waals surface area contributed by atoms with E-state index in [2.05, 4.69) is 10.4 Å². The Morgan fingerprint density at radius 1 is 1.03 bits per heavy atom. The van der Waals surface area contributed by atoms with Crippen molar-refractivity contribution in [3.8, 4) is 17.2 Å². The topological polar surface area (TPSA) is 91.7 Å². The van der Waals surface area contributed by atoms with E-state index in [9.17, 15) is 9.59 Å². The van der Waals surface area contributed by atoms with Gasteiger partial charge < -0.3 is 19.5 Å². The normalized spacial score (nSPS) is 10.3. The molecule has 3 aromatic rings. The van der Waals surface area contributed by atoms with Crippen LogP contribution in [-0.2, 0) is 4.74 Å². The molecule has 0 aliphatic heterocycles. The minimum absolute atomic E-state index is 0.213. The molecule has 1 amide bonds. The van der Waals surface area contributed by atoms with Gasteiger partial charge in [-0.25, -0.2) is 9.48 Å². The first kappa shape index (κ1) is 19.9. The Morgan fingerprint density at radius 3 is 2.41 bits per heavy atom. The third-order valence-electron chi connectivity index (χ3n) is 4.06. The van der Waals surface area contributed by atoms with Gasteiger partial charge in [-0.05, 0) is 43.3 Å². The fourth-order valence-corrected chi connectivity index (χ4v) is 2.65. The Kier molecular flexibility index (Phi) is 6.13. The van der Waals surface area contributed by atoms with Crippen molar-refractivity contribution in [1.82, 2.24) is 9.78 Å². The Balaban J connectivity index is 1.80. The summed E-state index contributed by atoms with van der Waals surface area (Å²) in [4.78, 5) is 24.4. The van der Waals surface area contributed by atoms with E-state index >= 15 is 0 Å². The van der Waals surface area contributed by atoms with Gasteiger partial charge in [-0.1, -0.05) is 6.07 Å². The molecule has 2 aromatic carbocycles. The van der Waals surface area contributed by atoms with E-state index < -0.39 is 5.97 Å². The number of benzene rings is 2. The quantitative estimate of drug-likeness (QED) is 0.617. The second kappa shape index (κ2) is 8.92. The maximum atomic E-state index is 12.7. The van der Waals surface area contributed by atoms with Crippen molar-refractivity contribution in [3.63, 3.8) is 0 Å². The molecular formula is C21H21N3O5. The molecule has 0 aliphatic rings. The molecular weight excluding hydrogens is 374 g/mol. The number of anilines is 1. The van der Waals surface area contributed by atoms with E-state index in [0.29, 0.717) is 28.4 Å². The third kappa shape index (κ3) is 4.73. The van der Waals surface area contributed by atoms with Crippen LogP contribution >= 0.6 is 0 Å². The number of rotatable bonds is 7. The molecule has 0 fully saturated rings. The molecule has 29 heavy (non-hydrogen) atoms. The van der Waals surface area contributed by atoms with Crippen LogP contribution in [0.1, 0.15) is 27.8 Å². The summed E-state index contributed by atoms with van der Waals surface area (Å²) in [6.07, 6.45) is 1.65. The molecule has 0 aliphatic carbocycles. The molecule has 0 saturated heterocycles. The van der Waals surface area contributed by atoms with Gasteiger partial charge in [0.05, 0.1) is 26.5 Å². The molecule has 0 bridgehead atoms. The number of esters is 1. The highest BCUT2D eigenvalue weighted by molar-refractivity contribution is 6.05. The summed E-state index contributed by atoms with van der Waals surface area (Å²) in [6.45, 7) is 2.02. The largest absolute Gasteiger partial charge is 0.497 e. The average molecular weight is 395 g/mol. The van der Waals surface area contributed by atoms with Gasteiger partial charge in [-0.3, -0.25) is 4.79 Å². The van der Waals surface area contributed by atoms with Gasteiger partial charge in [0.2, 0.25) is 0 Å².